The Labute approximate surface area is 117 Å². The molecule has 0 heterocycles. The molecule has 6 heteroatoms. The Kier molecular flexibility index (Phi) is 5.07. The van der Waals surface area contributed by atoms with E-state index in [1.807, 2.05) is 0 Å². The van der Waals surface area contributed by atoms with Gasteiger partial charge in [-0.1, -0.05) is 0 Å². The predicted octanol–water partition coefficient (Wildman–Crippen LogP) is 2.90. The Morgan fingerprint density at radius 2 is 1.95 bits per heavy atom. The summed E-state index contributed by atoms with van der Waals surface area (Å²) in [6.07, 6.45) is 0.268. The topological polar surface area (TPSA) is 78.4 Å². The molecule has 0 unspecified atom stereocenters. The Hall–Kier alpha value is -2.11. The Bertz CT molecular complexity index is 495. The molecule has 0 aromatic heterocycles. The van der Waals surface area contributed by atoms with Crippen LogP contribution in [-0.2, 0) is 4.79 Å². The van der Waals surface area contributed by atoms with Crippen molar-refractivity contribution >= 4 is 17.7 Å². The van der Waals surface area contributed by atoms with Crippen molar-refractivity contribution in [3.05, 3.63) is 29.6 Å². The molecule has 3 N–H and O–H groups in total. The van der Waals surface area contributed by atoms with Gasteiger partial charge in [-0.3, -0.25) is 4.79 Å². The Morgan fingerprint density at radius 3 is 2.50 bits per heavy atom. The summed E-state index contributed by atoms with van der Waals surface area (Å²) < 4.78 is 13.2. The number of carbonyl (C=O) groups is 2. The molecule has 2 amide bonds. The molecule has 1 rings (SSSR count). The number of hydrogen-bond acceptors (Lipinski definition) is 2. The highest BCUT2D eigenvalue weighted by atomic mass is 19.1. The van der Waals surface area contributed by atoms with Gasteiger partial charge in [0, 0.05) is 17.6 Å². The van der Waals surface area contributed by atoms with Gasteiger partial charge in [0.1, 0.15) is 5.82 Å². The first-order valence-electron chi connectivity index (χ1n) is 6.26. The molecular weight excluding hydrogens is 263 g/mol. The maximum absolute atomic E-state index is 13.2. The minimum atomic E-state index is -0.916. The van der Waals surface area contributed by atoms with E-state index in [2.05, 4.69) is 10.6 Å². The van der Waals surface area contributed by atoms with Gasteiger partial charge in [0.25, 0.3) is 0 Å². The fourth-order valence-corrected chi connectivity index (χ4v) is 1.76. The molecular formula is C14H19FN2O3. The number of urea groups is 1. The highest BCUT2D eigenvalue weighted by Gasteiger charge is 2.21. The number of nitrogens with one attached hydrogen (secondary N) is 2. The predicted molar refractivity (Wildman–Crippen MR) is 74.2 cm³/mol. The average molecular weight is 282 g/mol. The van der Waals surface area contributed by atoms with E-state index < -0.39 is 23.4 Å². The van der Waals surface area contributed by atoms with Crippen LogP contribution in [0.5, 0.6) is 0 Å². The molecule has 20 heavy (non-hydrogen) atoms. The van der Waals surface area contributed by atoms with Crippen LogP contribution in [0.1, 0.15) is 32.3 Å². The van der Waals surface area contributed by atoms with Crippen LogP contribution in [-0.4, -0.2) is 22.6 Å². The highest BCUT2D eigenvalue weighted by Crippen LogP contribution is 2.15. The molecule has 0 saturated carbocycles. The van der Waals surface area contributed by atoms with Crippen LogP contribution < -0.4 is 10.6 Å². The van der Waals surface area contributed by atoms with Crippen molar-refractivity contribution in [2.24, 2.45) is 0 Å². The van der Waals surface area contributed by atoms with E-state index in [4.69, 9.17) is 5.11 Å². The lowest BCUT2D eigenvalue weighted by molar-refractivity contribution is -0.137. The van der Waals surface area contributed by atoms with E-state index >= 15 is 0 Å². The van der Waals surface area contributed by atoms with Crippen LogP contribution in [0.4, 0.5) is 14.9 Å². The van der Waals surface area contributed by atoms with Crippen LogP contribution in [0.2, 0.25) is 0 Å². The molecule has 0 aliphatic carbocycles. The van der Waals surface area contributed by atoms with Gasteiger partial charge in [-0.05, 0) is 51.0 Å². The minimum absolute atomic E-state index is 0.0354. The second-order valence-corrected chi connectivity index (χ2v) is 5.37. The van der Waals surface area contributed by atoms with Gasteiger partial charge >= 0.3 is 12.0 Å². The molecule has 5 nitrogen and oxygen atoms in total. The fourth-order valence-electron chi connectivity index (χ4n) is 1.76. The lowest BCUT2D eigenvalue weighted by Crippen LogP contribution is -2.45. The lowest BCUT2D eigenvalue weighted by atomic mass is 9.99. The van der Waals surface area contributed by atoms with Crippen molar-refractivity contribution in [3.63, 3.8) is 0 Å². The van der Waals surface area contributed by atoms with Gasteiger partial charge in [-0.25, -0.2) is 9.18 Å². The fraction of sp³-hybridized carbons (Fsp3) is 0.429. The number of halogens is 1. The molecule has 0 spiro atoms. The number of hydrogen-bond donors (Lipinski definition) is 3. The number of benzene rings is 1. The zero-order valence-electron chi connectivity index (χ0n) is 11.8. The molecule has 0 bridgehead atoms. The van der Waals surface area contributed by atoms with E-state index in [1.54, 1.807) is 26.8 Å². The van der Waals surface area contributed by atoms with E-state index in [1.165, 1.54) is 12.1 Å². The van der Waals surface area contributed by atoms with E-state index in [0.717, 1.165) is 0 Å². The maximum Gasteiger partial charge on any atom is 0.319 e. The molecule has 0 atom stereocenters. The summed E-state index contributed by atoms with van der Waals surface area (Å²) in [5.41, 5.74) is 0.393. The van der Waals surface area contributed by atoms with Crippen molar-refractivity contribution in [2.45, 2.75) is 39.2 Å². The highest BCUT2D eigenvalue weighted by molar-refractivity contribution is 5.89. The van der Waals surface area contributed by atoms with E-state index in [-0.39, 0.29) is 6.42 Å². The third kappa shape index (κ3) is 5.69. The van der Waals surface area contributed by atoms with Gasteiger partial charge < -0.3 is 15.7 Å². The van der Waals surface area contributed by atoms with Crippen LogP contribution in [0.3, 0.4) is 0 Å². The quantitative estimate of drug-likeness (QED) is 0.777. The molecule has 1 aromatic carbocycles. The van der Waals surface area contributed by atoms with Crippen LogP contribution in [0.25, 0.3) is 0 Å². The lowest BCUT2D eigenvalue weighted by Gasteiger charge is -2.25. The smallest absolute Gasteiger partial charge is 0.319 e. The van der Waals surface area contributed by atoms with Crippen LogP contribution >= 0.6 is 0 Å². The average Bonchev–Trinajstić information content (AvgIpc) is 2.23. The van der Waals surface area contributed by atoms with Gasteiger partial charge in [0.2, 0.25) is 0 Å². The van der Waals surface area contributed by atoms with Crippen molar-refractivity contribution in [1.29, 1.82) is 0 Å². The van der Waals surface area contributed by atoms with Gasteiger partial charge in [0.05, 0.1) is 0 Å². The number of rotatable bonds is 5. The number of anilines is 1. The SMILES string of the molecule is Cc1cc(F)cc(NC(=O)NC(C)(C)CCC(=O)O)c1. The van der Waals surface area contributed by atoms with Gasteiger partial charge in [0.15, 0.2) is 0 Å². The Balaban J connectivity index is 2.60. The normalized spacial score (nSPS) is 11.0. The molecule has 0 aliphatic rings. The number of amides is 2. The molecule has 0 saturated heterocycles. The summed E-state index contributed by atoms with van der Waals surface area (Å²) in [4.78, 5) is 22.3. The van der Waals surface area contributed by atoms with Crippen LogP contribution in [0, 0.1) is 12.7 Å². The number of aryl methyl sites for hydroxylation is 1. The zero-order chi connectivity index (χ0) is 15.3. The molecule has 0 aliphatic heterocycles. The number of carboxylic acid groups (broad SMARTS) is 1. The number of aliphatic carboxylic acids is 1. The summed E-state index contributed by atoms with van der Waals surface area (Å²) >= 11 is 0. The third-order valence-corrected chi connectivity index (χ3v) is 2.72. The number of carboxylic acids is 1. The Morgan fingerprint density at radius 1 is 1.30 bits per heavy atom. The first-order valence-corrected chi connectivity index (χ1v) is 6.26. The van der Waals surface area contributed by atoms with E-state index in [9.17, 15) is 14.0 Å². The minimum Gasteiger partial charge on any atom is -0.481 e. The number of carbonyl (C=O) groups excluding carboxylic acids is 1. The second-order valence-electron chi connectivity index (χ2n) is 5.37. The summed E-state index contributed by atoms with van der Waals surface area (Å²) in [6, 6.07) is 3.73. The summed E-state index contributed by atoms with van der Waals surface area (Å²) in [5.74, 6) is -1.34. The van der Waals surface area contributed by atoms with Crippen molar-refractivity contribution < 1.29 is 19.1 Å². The van der Waals surface area contributed by atoms with Gasteiger partial charge in [-0.2, -0.15) is 0 Å². The largest absolute Gasteiger partial charge is 0.481 e. The second kappa shape index (κ2) is 6.36. The third-order valence-electron chi connectivity index (χ3n) is 2.72. The van der Waals surface area contributed by atoms with Crippen molar-refractivity contribution in [3.8, 4) is 0 Å². The standard InChI is InChI=1S/C14H19FN2O3/c1-9-6-10(15)8-11(7-9)16-13(20)17-14(2,3)5-4-12(18)19/h6-8H,4-5H2,1-3H3,(H,18,19)(H2,16,17,20). The molecule has 0 radical (unpaired) electrons. The van der Waals surface area contributed by atoms with Crippen molar-refractivity contribution in [1.82, 2.24) is 5.32 Å². The summed E-state index contributed by atoms with van der Waals surface area (Å²) in [5, 5.41) is 13.8. The molecule has 0 fully saturated rings. The van der Waals surface area contributed by atoms with Crippen LogP contribution in [0.15, 0.2) is 18.2 Å². The first kappa shape index (κ1) is 15.9. The van der Waals surface area contributed by atoms with Crippen molar-refractivity contribution in [2.75, 3.05) is 5.32 Å². The first-order chi connectivity index (χ1) is 9.18. The summed E-state index contributed by atoms with van der Waals surface area (Å²) in [7, 11) is 0. The monoisotopic (exact) mass is 282 g/mol. The zero-order valence-corrected chi connectivity index (χ0v) is 11.8. The van der Waals surface area contributed by atoms with Gasteiger partial charge in [-0.15, -0.1) is 0 Å². The summed E-state index contributed by atoms with van der Waals surface area (Å²) in [6.45, 7) is 5.18. The van der Waals surface area contributed by atoms with E-state index in [0.29, 0.717) is 17.7 Å². The molecule has 1 aromatic rings. The molecule has 110 valence electrons. The maximum atomic E-state index is 13.2.